The Morgan fingerprint density at radius 3 is 1.62 bits per heavy atom. The molecule has 3 heteroatoms. The average Bonchev–Trinajstić information content (AvgIpc) is 2.08. The third-order valence-electron chi connectivity index (χ3n) is 1.64. The summed E-state index contributed by atoms with van der Waals surface area (Å²) < 4.78 is 0. The van der Waals surface area contributed by atoms with Crippen LogP contribution >= 0.6 is 11.6 Å². The van der Waals surface area contributed by atoms with Gasteiger partial charge in [0.15, 0.2) is 0 Å². The van der Waals surface area contributed by atoms with Crippen LogP contribution in [0.2, 0.25) is 0 Å². The van der Waals surface area contributed by atoms with Crippen molar-refractivity contribution in [3.05, 3.63) is 12.2 Å². The van der Waals surface area contributed by atoms with Gasteiger partial charge in [-0.3, -0.25) is 4.79 Å². The Hall–Kier alpha value is -0.340. The first-order valence-electron chi connectivity index (χ1n) is 4.66. The fourth-order valence-electron chi connectivity index (χ4n) is 0.802. The summed E-state index contributed by atoms with van der Waals surface area (Å²) in [6.07, 6.45) is 2.89. The van der Waals surface area contributed by atoms with Gasteiger partial charge in [-0.25, -0.2) is 0 Å². The van der Waals surface area contributed by atoms with E-state index in [1.165, 1.54) is 25.7 Å². The van der Waals surface area contributed by atoms with E-state index in [4.69, 9.17) is 11.6 Å². The van der Waals surface area contributed by atoms with Crippen molar-refractivity contribution in [3.8, 4) is 0 Å². The Kier molecular flexibility index (Phi) is 13.6. The van der Waals surface area contributed by atoms with E-state index in [0.29, 0.717) is 0 Å². The second-order valence-corrected chi connectivity index (χ2v) is 2.80. The number of rotatable bonds is 4. The first-order valence-corrected chi connectivity index (χ1v) is 5.04. The highest BCUT2D eigenvalue weighted by atomic mass is 35.5. The SMILES string of the molecule is CC=CC(=O)Cl.CCN(CC)CC. The molecule has 0 rings (SSSR count). The predicted octanol–water partition coefficient (Wildman–Crippen LogP) is 2.68. The molecule has 0 fully saturated rings. The van der Waals surface area contributed by atoms with Crippen molar-refractivity contribution in [3.63, 3.8) is 0 Å². The number of allylic oxidation sites excluding steroid dienone is 2. The minimum Gasteiger partial charge on any atom is -0.304 e. The lowest BCUT2D eigenvalue weighted by atomic mass is 10.5. The molecule has 2 nitrogen and oxygen atoms in total. The minimum absolute atomic E-state index is 0.419. The number of carbonyl (C=O) groups excluding carboxylic acids is 1. The lowest BCUT2D eigenvalue weighted by molar-refractivity contribution is -0.107. The third-order valence-corrected chi connectivity index (χ3v) is 1.77. The topological polar surface area (TPSA) is 20.3 Å². The lowest BCUT2D eigenvalue weighted by Gasteiger charge is -2.13. The predicted molar refractivity (Wildman–Crippen MR) is 59.1 cm³/mol. The van der Waals surface area contributed by atoms with Gasteiger partial charge in [0, 0.05) is 0 Å². The van der Waals surface area contributed by atoms with E-state index in [1.54, 1.807) is 13.0 Å². The summed E-state index contributed by atoms with van der Waals surface area (Å²) in [5.74, 6) is 0. The smallest absolute Gasteiger partial charge is 0.244 e. The highest BCUT2D eigenvalue weighted by Gasteiger charge is 1.89. The molecule has 0 unspecified atom stereocenters. The number of halogens is 1. The van der Waals surface area contributed by atoms with Gasteiger partial charge in [-0.1, -0.05) is 26.8 Å². The molecule has 0 aliphatic heterocycles. The quantitative estimate of drug-likeness (QED) is 0.520. The molecule has 0 aliphatic carbocycles. The largest absolute Gasteiger partial charge is 0.304 e. The minimum atomic E-state index is -0.419. The number of hydrogen-bond donors (Lipinski definition) is 0. The van der Waals surface area contributed by atoms with Crippen molar-refractivity contribution in [1.29, 1.82) is 0 Å². The number of carbonyl (C=O) groups is 1. The van der Waals surface area contributed by atoms with E-state index in [-0.39, 0.29) is 0 Å². The van der Waals surface area contributed by atoms with Crippen LogP contribution in [-0.2, 0) is 4.79 Å². The summed E-state index contributed by atoms with van der Waals surface area (Å²) in [5, 5.41) is -0.419. The van der Waals surface area contributed by atoms with E-state index in [9.17, 15) is 4.79 Å². The van der Waals surface area contributed by atoms with Crippen LogP contribution in [0.3, 0.4) is 0 Å². The standard InChI is InChI=1S/C6H15N.C4H5ClO/c1-4-7(5-2)6-3;1-2-3-4(5)6/h4-6H2,1-3H3;2-3H,1H3. The molecule has 0 aliphatic rings. The molecule has 0 bridgehead atoms. The van der Waals surface area contributed by atoms with Gasteiger partial charge in [0.2, 0.25) is 5.24 Å². The van der Waals surface area contributed by atoms with Crippen molar-refractivity contribution >= 4 is 16.8 Å². The van der Waals surface area contributed by atoms with E-state index < -0.39 is 5.24 Å². The zero-order valence-corrected chi connectivity index (χ0v) is 9.77. The maximum absolute atomic E-state index is 9.72. The van der Waals surface area contributed by atoms with Gasteiger partial charge in [0.05, 0.1) is 0 Å². The van der Waals surface area contributed by atoms with Crippen LogP contribution in [0.15, 0.2) is 12.2 Å². The second-order valence-electron chi connectivity index (χ2n) is 2.42. The van der Waals surface area contributed by atoms with E-state index in [1.807, 2.05) is 0 Å². The maximum Gasteiger partial charge on any atom is 0.244 e. The Morgan fingerprint density at radius 1 is 1.23 bits per heavy atom. The van der Waals surface area contributed by atoms with Crippen LogP contribution in [0.5, 0.6) is 0 Å². The molecule has 0 saturated heterocycles. The Morgan fingerprint density at radius 2 is 1.62 bits per heavy atom. The molecule has 0 radical (unpaired) electrons. The van der Waals surface area contributed by atoms with Crippen molar-refractivity contribution in [1.82, 2.24) is 4.90 Å². The zero-order chi connectivity index (χ0) is 10.7. The van der Waals surface area contributed by atoms with Gasteiger partial charge in [-0.2, -0.15) is 0 Å². The summed E-state index contributed by atoms with van der Waals surface area (Å²) in [4.78, 5) is 12.1. The summed E-state index contributed by atoms with van der Waals surface area (Å²) in [6, 6.07) is 0. The van der Waals surface area contributed by atoms with Crippen LogP contribution in [0, 0.1) is 0 Å². The monoisotopic (exact) mass is 205 g/mol. The van der Waals surface area contributed by atoms with E-state index in [2.05, 4.69) is 25.7 Å². The van der Waals surface area contributed by atoms with Crippen LogP contribution in [0.1, 0.15) is 27.7 Å². The molecule has 13 heavy (non-hydrogen) atoms. The van der Waals surface area contributed by atoms with Gasteiger partial charge in [-0.05, 0) is 44.2 Å². The van der Waals surface area contributed by atoms with Crippen molar-refractivity contribution in [2.75, 3.05) is 19.6 Å². The highest BCUT2D eigenvalue weighted by Crippen LogP contribution is 1.81. The fraction of sp³-hybridized carbons (Fsp3) is 0.700. The molecule has 0 aromatic carbocycles. The maximum atomic E-state index is 9.72. The van der Waals surface area contributed by atoms with E-state index >= 15 is 0 Å². The van der Waals surface area contributed by atoms with Crippen LogP contribution in [0.4, 0.5) is 0 Å². The molecule has 0 aromatic rings. The molecular formula is C10H20ClNO. The van der Waals surface area contributed by atoms with Crippen LogP contribution in [0.25, 0.3) is 0 Å². The second kappa shape index (κ2) is 11.7. The Labute approximate surface area is 86.6 Å². The number of nitrogens with zero attached hydrogens (tertiary/aromatic N) is 1. The summed E-state index contributed by atoms with van der Waals surface area (Å²) in [6.45, 7) is 11.9. The third kappa shape index (κ3) is 14.5. The van der Waals surface area contributed by atoms with Gasteiger partial charge >= 0.3 is 0 Å². The van der Waals surface area contributed by atoms with Gasteiger partial charge in [0.25, 0.3) is 0 Å². The lowest BCUT2D eigenvalue weighted by Crippen LogP contribution is -2.21. The van der Waals surface area contributed by atoms with Crippen molar-refractivity contribution in [2.24, 2.45) is 0 Å². The molecule has 78 valence electrons. The summed E-state index contributed by atoms with van der Waals surface area (Å²) in [7, 11) is 0. The molecule has 0 heterocycles. The average molecular weight is 206 g/mol. The van der Waals surface area contributed by atoms with Crippen LogP contribution < -0.4 is 0 Å². The molecule has 0 atom stereocenters. The summed E-state index contributed by atoms with van der Waals surface area (Å²) in [5.41, 5.74) is 0. The van der Waals surface area contributed by atoms with Gasteiger partial charge in [0.1, 0.15) is 0 Å². The van der Waals surface area contributed by atoms with Crippen molar-refractivity contribution in [2.45, 2.75) is 27.7 Å². The van der Waals surface area contributed by atoms with Crippen molar-refractivity contribution < 1.29 is 4.79 Å². The molecule has 0 aromatic heterocycles. The normalized spacial score (nSPS) is 10.0. The molecule has 0 amide bonds. The Bertz CT molecular complexity index is 136. The van der Waals surface area contributed by atoms with E-state index in [0.717, 1.165) is 0 Å². The zero-order valence-electron chi connectivity index (χ0n) is 9.01. The molecular weight excluding hydrogens is 186 g/mol. The number of hydrogen-bond acceptors (Lipinski definition) is 2. The molecule has 0 spiro atoms. The summed E-state index contributed by atoms with van der Waals surface area (Å²) >= 11 is 4.85. The fourth-order valence-corrected chi connectivity index (χ4v) is 0.928. The molecule has 0 saturated carbocycles. The molecule has 0 N–H and O–H groups in total. The first-order chi connectivity index (χ1) is 6.12. The van der Waals surface area contributed by atoms with Gasteiger partial charge < -0.3 is 4.90 Å². The first kappa shape index (κ1) is 15.1. The highest BCUT2D eigenvalue weighted by molar-refractivity contribution is 6.66. The van der Waals surface area contributed by atoms with Gasteiger partial charge in [-0.15, -0.1) is 0 Å². The van der Waals surface area contributed by atoms with Crippen LogP contribution in [-0.4, -0.2) is 29.8 Å². The Balaban J connectivity index is 0.